The topological polar surface area (TPSA) is 45.2 Å². The zero-order valence-corrected chi connectivity index (χ0v) is 64.1. The Bertz CT molecular complexity index is 4350. The maximum Gasteiger partial charge on any atom is 3.00 e. The minimum atomic E-state index is 0. The normalized spacial score (nSPS) is 11.5. The minimum Gasteiger partial charge on any atom is -0.311 e. The smallest absolute Gasteiger partial charge is 0.311 e. The van der Waals surface area contributed by atoms with E-state index in [1.54, 1.807) is 6.20 Å². The van der Waals surface area contributed by atoms with E-state index in [-0.39, 0.29) is 41.8 Å². The van der Waals surface area contributed by atoms with Gasteiger partial charge in [0.05, 0.1) is 0 Å². The number of nitrogens with zero attached hydrogens (tertiary/aromatic N) is 5. The molecule has 13 rings (SSSR count). The number of rotatable bonds is 12. The number of aromatic nitrogens is 3. The van der Waals surface area contributed by atoms with Crippen molar-refractivity contribution >= 4 is 66.0 Å². The van der Waals surface area contributed by atoms with Crippen LogP contribution in [0.1, 0.15) is 105 Å². The summed E-state index contributed by atoms with van der Waals surface area (Å²) < 4.78 is 2.10. The van der Waals surface area contributed by atoms with Crippen LogP contribution in [0.25, 0.3) is 67.2 Å². The van der Waals surface area contributed by atoms with Crippen molar-refractivity contribution in [2.75, 3.05) is 9.80 Å². The Morgan fingerprint density at radius 2 is 0.505 bits per heavy atom. The Kier molecular flexibility index (Phi) is 23.3. The molecule has 0 aliphatic rings. The van der Waals surface area contributed by atoms with Crippen LogP contribution in [0.3, 0.4) is 0 Å². The van der Waals surface area contributed by atoms with E-state index in [2.05, 4.69) is 352 Å². The fourth-order valence-electron chi connectivity index (χ4n) is 11.6. The number of benzene rings is 10. The zero-order valence-electron chi connectivity index (χ0n) is 58.5. The molecule has 0 spiro atoms. The second kappa shape index (κ2) is 31.8. The van der Waals surface area contributed by atoms with E-state index in [4.69, 9.17) is 0 Å². The number of halogens is 2. The molecule has 0 radical (unpaired) electrons. The molecule has 0 saturated carbocycles. The first-order valence-corrected chi connectivity index (χ1v) is 35.0. The summed E-state index contributed by atoms with van der Waals surface area (Å²) in [5.74, 6) is 0. The largest absolute Gasteiger partial charge is 3.00 e. The van der Waals surface area contributed by atoms with Gasteiger partial charge in [0.15, 0.2) is 0 Å². The Morgan fingerprint density at radius 1 is 0.263 bits per heavy atom. The van der Waals surface area contributed by atoms with Crippen LogP contribution in [0.15, 0.2) is 301 Å². The van der Waals surface area contributed by atoms with Crippen molar-refractivity contribution in [2.45, 2.75) is 105 Å². The first-order valence-electron chi connectivity index (χ1n) is 33.4. The van der Waals surface area contributed by atoms with Crippen LogP contribution in [0.4, 0.5) is 34.1 Å². The molecule has 0 unspecified atom stereocenters. The summed E-state index contributed by atoms with van der Waals surface area (Å²) in [5, 5.41) is 0. The zero-order chi connectivity index (χ0) is 69.2. The fourth-order valence-corrected chi connectivity index (χ4v) is 12.9. The van der Waals surface area contributed by atoms with Gasteiger partial charge >= 0.3 is 20.1 Å². The van der Waals surface area contributed by atoms with Crippen molar-refractivity contribution in [1.29, 1.82) is 0 Å². The van der Waals surface area contributed by atoms with Gasteiger partial charge in [-0.1, -0.05) is 224 Å². The Balaban J connectivity index is 0.000000168. The second-order valence-corrected chi connectivity index (χ2v) is 30.6. The van der Waals surface area contributed by atoms with Crippen molar-refractivity contribution in [1.82, 2.24) is 15.0 Å². The minimum absolute atomic E-state index is 0. The average molecular weight is 1600 g/mol. The molecule has 0 aliphatic carbocycles. The van der Waals surface area contributed by atoms with Gasteiger partial charge in [0.2, 0.25) is 0 Å². The molecule has 0 saturated heterocycles. The van der Waals surface area contributed by atoms with E-state index < -0.39 is 0 Å². The predicted octanol–water partition coefficient (Wildman–Crippen LogP) is 26.3. The third-order valence-corrected chi connectivity index (χ3v) is 18.2. The summed E-state index contributed by atoms with van der Waals surface area (Å²) in [6.07, 6.45) is 5.44. The van der Waals surface area contributed by atoms with Crippen LogP contribution in [-0.4, -0.2) is 15.0 Å². The fraction of sp³-hybridized carbons (Fsp3) is 0.176. The first kappa shape index (κ1) is 72.6. The van der Waals surface area contributed by atoms with Gasteiger partial charge in [-0.05, 0) is 187 Å². The number of pyridine rings is 3. The van der Waals surface area contributed by atoms with Crippen LogP contribution in [0.5, 0.6) is 0 Å². The van der Waals surface area contributed by atoms with Crippen LogP contribution < -0.4 is 9.80 Å². The Morgan fingerprint density at radius 3 is 0.737 bits per heavy atom. The van der Waals surface area contributed by atoms with E-state index in [0.717, 1.165) is 110 Å². The van der Waals surface area contributed by atoms with Gasteiger partial charge in [-0.2, -0.15) is 0 Å². The van der Waals surface area contributed by atoms with Crippen molar-refractivity contribution in [3.8, 4) is 67.2 Å². The molecule has 0 bridgehead atoms. The van der Waals surface area contributed by atoms with E-state index in [1.807, 2.05) is 91.3 Å². The van der Waals surface area contributed by atoms with Crippen molar-refractivity contribution in [3.63, 3.8) is 0 Å². The van der Waals surface area contributed by atoms with Gasteiger partial charge in [-0.25, -0.2) is 0 Å². The molecule has 3 aromatic heterocycles. The Labute approximate surface area is 618 Å². The van der Waals surface area contributed by atoms with Crippen LogP contribution in [0.2, 0.25) is 0 Å². The van der Waals surface area contributed by atoms with Gasteiger partial charge in [-0.15, -0.1) is 106 Å². The van der Waals surface area contributed by atoms with Crippen molar-refractivity contribution in [3.05, 3.63) is 341 Å². The molecule has 10 aromatic carbocycles. The summed E-state index contributed by atoms with van der Waals surface area (Å²) in [6, 6.07) is 106. The summed E-state index contributed by atoms with van der Waals surface area (Å²) in [4.78, 5) is 18.0. The molecular weight excluding hydrogens is 1520 g/mol. The average Bonchev–Trinajstić information content (AvgIpc) is 0.800. The summed E-state index contributed by atoms with van der Waals surface area (Å²) in [7, 11) is 0. The molecule has 0 aliphatic heterocycles. The standard InChI is InChI=1S/2C37H37N2.C17H10Br2N.Ir/c2*1-36(2,3)30-15-21-33(22-16-30)39(34-23-17-31(18-24-34)37(4,5)6)32-19-13-27(14-20-32)28-10-9-11-29(26-28)35-12-7-8-25-38-35;18-15-9-14(10-16(19)11-15)12-4-3-5-13(8-12)17-6-1-2-7-20-17;/h2*7-10,12-26H,1-6H3;1-4,6-11H;/q3*-1;+3. The molecule has 0 amide bonds. The predicted molar refractivity (Wildman–Crippen MR) is 421 cm³/mol. The van der Waals surface area contributed by atoms with Gasteiger partial charge in [0.1, 0.15) is 0 Å². The van der Waals surface area contributed by atoms with Gasteiger partial charge in [0.25, 0.3) is 0 Å². The monoisotopic (exact) mass is 1600 g/mol. The van der Waals surface area contributed by atoms with Crippen LogP contribution >= 0.6 is 31.9 Å². The van der Waals surface area contributed by atoms with Gasteiger partial charge in [-0.3, -0.25) is 0 Å². The Hall–Kier alpha value is -9.14. The first-order chi connectivity index (χ1) is 46.9. The molecule has 5 nitrogen and oxygen atoms in total. The second-order valence-electron chi connectivity index (χ2n) is 28.7. The number of hydrogen-bond acceptors (Lipinski definition) is 5. The number of anilines is 6. The SMILES string of the molecule is Brc1cc(Br)cc(-c2cc[c-]c(-c3ccccn3)c2)c1.CC(C)(C)c1ccc(N(c2ccc(-c3cc[c-]c(-c4ccccn4)c3)cc2)c2ccc(C(C)(C)C)cc2)cc1.CC(C)(C)c1ccc(N(c2ccc(-c3cc[c-]c(-c4ccccn4)c3)cc2)c2ccc(C(C)(C)C)cc2)cc1.[Ir+3]. The summed E-state index contributed by atoms with van der Waals surface area (Å²) in [6.45, 7) is 27.1. The summed E-state index contributed by atoms with van der Waals surface area (Å²) in [5.41, 5.74) is 25.3. The third-order valence-electron chi connectivity index (χ3n) is 17.3. The molecule has 13 aromatic rings. The van der Waals surface area contributed by atoms with E-state index in [0.29, 0.717) is 0 Å². The van der Waals surface area contributed by atoms with E-state index in [9.17, 15) is 0 Å². The molecule has 8 heteroatoms. The van der Waals surface area contributed by atoms with Crippen molar-refractivity contribution in [2.24, 2.45) is 0 Å². The molecule has 3 heterocycles. The van der Waals surface area contributed by atoms with Gasteiger partial charge in [0, 0.05) is 61.7 Å². The molecule has 0 fully saturated rings. The van der Waals surface area contributed by atoms with Crippen molar-refractivity contribution < 1.29 is 20.1 Å². The van der Waals surface area contributed by atoms with Gasteiger partial charge < -0.3 is 24.8 Å². The van der Waals surface area contributed by atoms with E-state index in [1.165, 1.54) is 22.3 Å². The molecule has 99 heavy (non-hydrogen) atoms. The molecular formula is C91H84Br2IrN5. The maximum absolute atomic E-state index is 4.49. The van der Waals surface area contributed by atoms with E-state index >= 15 is 0 Å². The molecule has 0 atom stereocenters. The number of hydrogen-bond donors (Lipinski definition) is 0. The molecule has 0 N–H and O–H groups in total. The quantitative estimate of drug-likeness (QED) is 0.114. The van der Waals surface area contributed by atoms with Crippen LogP contribution in [0, 0.1) is 18.2 Å². The third kappa shape index (κ3) is 18.8. The van der Waals surface area contributed by atoms with Crippen LogP contribution in [-0.2, 0) is 41.8 Å². The summed E-state index contributed by atoms with van der Waals surface area (Å²) >= 11 is 7.05. The molecule has 496 valence electrons. The maximum atomic E-state index is 4.49.